The van der Waals surface area contributed by atoms with Crippen molar-refractivity contribution in [1.82, 2.24) is 4.90 Å². The molecule has 1 aliphatic heterocycles. The lowest BCUT2D eigenvalue weighted by Crippen LogP contribution is -2.42. The molecule has 6 heteroatoms. The number of unbranched alkanes of at least 4 members (excludes halogenated alkanes) is 1. The zero-order chi connectivity index (χ0) is 20.9. The monoisotopic (exact) mass is 406 g/mol. The molecule has 2 N–H and O–H groups in total. The average molecular weight is 406 g/mol. The Balaban J connectivity index is 1.69. The quantitative estimate of drug-likeness (QED) is 0.611. The summed E-state index contributed by atoms with van der Waals surface area (Å²) in [6, 6.07) is 12.9. The smallest absolute Gasteiger partial charge is 0.416 e. The molecular formula is C23H29F3N2O. The summed E-state index contributed by atoms with van der Waals surface area (Å²) in [5.41, 5.74) is 7.16. The van der Waals surface area contributed by atoms with Crippen molar-refractivity contribution in [2.75, 3.05) is 32.0 Å². The molecule has 0 aliphatic carbocycles. The van der Waals surface area contributed by atoms with Gasteiger partial charge in [-0.15, -0.1) is 0 Å². The van der Waals surface area contributed by atoms with Crippen LogP contribution >= 0.6 is 0 Å². The van der Waals surface area contributed by atoms with Gasteiger partial charge >= 0.3 is 6.18 Å². The Morgan fingerprint density at radius 3 is 2.38 bits per heavy atom. The van der Waals surface area contributed by atoms with Gasteiger partial charge in [-0.05, 0) is 73.8 Å². The van der Waals surface area contributed by atoms with Crippen LogP contribution in [-0.4, -0.2) is 31.1 Å². The summed E-state index contributed by atoms with van der Waals surface area (Å²) >= 11 is 0. The van der Waals surface area contributed by atoms with Crippen molar-refractivity contribution in [3.05, 3.63) is 59.7 Å². The molecule has 1 heterocycles. The van der Waals surface area contributed by atoms with Crippen molar-refractivity contribution in [2.45, 2.75) is 38.3 Å². The molecule has 29 heavy (non-hydrogen) atoms. The van der Waals surface area contributed by atoms with Crippen molar-refractivity contribution < 1.29 is 17.9 Å². The SMILES string of the molecule is CCCCN1CC[C@@H](c2ccc(N)cc2)[C@H](COc2ccc(C(F)(F)F)cc2)C1. The molecule has 0 bridgehead atoms. The van der Waals surface area contributed by atoms with Gasteiger partial charge in [0.05, 0.1) is 12.2 Å². The first kappa shape index (κ1) is 21.5. The molecule has 0 aromatic heterocycles. The highest BCUT2D eigenvalue weighted by Crippen LogP contribution is 2.35. The molecular weight excluding hydrogens is 377 g/mol. The van der Waals surface area contributed by atoms with Gasteiger partial charge in [0.1, 0.15) is 5.75 Å². The Bertz CT molecular complexity index is 759. The average Bonchev–Trinajstić information content (AvgIpc) is 2.71. The van der Waals surface area contributed by atoms with E-state index in [9.17, 15) is 13.2 Å². The second-order valence-corrected chi connectivity index (χ2v) is 7.81. The normalized spacial score (nSPS) is 20.6. The van der Waals surface area contributed by atoms with E-state index in [-0.39, 0.29) is 5.92 Å². The molecule has 2 aromatic carbocycles. The van der Waals surface area contributed by atoms with E-state index in [1.54, 1.807) is 0 Å². The first-order chi connectivity index (χ1) is 13.9. The van der Waals surface area contributed by atoms with E-state index in [2.05, 4.69) is 24.0 Å². The Labute approximate surface area is 170 Å². The Hall–Kier alpha value is -2.21. The summed E-state index contributed by atoms with van der Waals surface area (Å²) in [5, 5.41) is 0. The maximum absolute atomic E-state index is 12.8. The second kappa shape index (κ2) is 9.53. The first-order valence-corrected chi connectivity index (χ1v) is 10.2. The van der Waals surface area contributed by atoms with Gasteiger partial charge in [0.15, 0.2) is 0 Å². The second-order valence-electron chi connectivity index (χ2n) is 7.81. The maximum atomic E-state index is 12.8. The predicted molar refractivity (Wildman–Crippen MR) is 110 cm³/mol. The zero-order valence-electron chi connectivity index (χ0n) is 16.8. The molecule has 2 aromatic rings. The largest absolute Gasteiger partial charge is 0.493 e. The number of likely N-dealkylation sites (tertiary alicyclic amines) is 1. The van der Waals surface area contributed by atoms with Crippen LogP contribution in [0.2, 0.25) is 0 Å². The van der Waals surface area contributed by atoms with Crippen LogP contribution in [0.4, 0.5) is 18.9 Å². The number of nitrogens with two attached hydrogens (primary N) is 1. The summed E-state index contributed by atoms with van der Waals surface area (Å²) in [6.07, 6.45) is -0.972. The number of nitrogens with zero attached hydrogens (tertiary/aromatic N) is 1. The lowest BCUT2D eigenvalue weighted by molar-refractivity contribution is -0.137. The molecule has 0 radical (unpaired) electrons. The van der Waals surface area contributed by atoms with Crippen molar-refractivity contribution in [1.29, 1.82) is 0 Å². The molecule has 0 saturated carbocycles. The number of ether oxygens (including phenoxy) is 1. The number of hydrogen-bond donors (Lipinski definition) is 1. The number of anilines is 1. The van der Waals surface area contributed by atoms with Gasteiger partial charge in [0, 0.05) is 18.2 Å². The van der Waals surface area contributed by atoms with Crippen molar-refractivity contribution in [3.63, 3.8) is 0 Å². The highest BCUT2D eigenvalue weighted by Gasteiger charge is 2.32. The molecule has 3 nitrogen and oxygen atoms in total. The summed E-state index contributed by atoms with van der Waals surface area (Å²) < 4.78 is 44.2. The number of nitrogen functional groups attached to an aromatic ring is 1. The van der Waals surface area contributed by atoms with Crippen LogP contribution < -0.4 is 10.5 Å². The predicted octanol–water partition coefficient (Wildman–Crippen LogP) is 5.57. The highest BCUT2D eigenvalue weighted by atomic mass is 19.4. The highest BCUT2D eigenvalue weighted by molar-refractivity contribution is 5.40. The number of halogens is 3. The van der Waals surface area contributed by atoms with E-state index in [4.69, 9.17) is 10.5 Å². The van der Waals surface area contributed by atoms with Crippen LogP contribution in [0, 0.1) is 5.92 Å². The Morgan fingerprint density at radius 1 is 1.07 bits per heavy atom. The van der Waals surface area contributed by atoms with Gasteiger partial charge in [-0.1, -0.05) is 25.5 Å². The Morgan fingerprint density at radius 2 is 1.76 bits per heavy atom. The minimum atomic E-state index is -4.33. The van der Waals surface area contributed by atoms with Crippen molar-refractivity contribution in [2.24, 2.45) is 5.92 Å². The van der Waals surface area contributed by atoms with Crippen LogP contribution in [0.3, 0.4) is 0 Å². The fourth-order valence-electron chi connectivity index (χ4n) is 3.99. The molecule has 1 saturated heterocycles. The van der Waals surface area contributed by atoms with Crippen LogP contribution in [0.25, 0.3) is 0 Å². The number of hydrogen-bond acceptors (Lipinski definition) is 3. The fourth-order valence-corrected chi connectivity index (χ4v) is 3.99. The minimum Gasteiger partial charge on any atom is -0.493 e. The fraction of sp³-hybridized carbons (Fsp3) is 0.478. The number of piperidine rings is 1. The lowest BCUT2D eigenvalue weighted by Gasteiger charge is -2.39. The van der Waals surface area contributed by atoms with Gasteiger partial charge in [-0.2, -0.15) is 13.2 Å². The third-order valence-electron chi connectivity index (χ3n) is 5.66. The summed E-state index contributed by atoms with van der Waals surface area (Å²) in [5.74, 6) is 1.09. The number of alkyl halides is 3. The summed E-state index contributed by atoms with van der Waals surface area (Å²) in [7, 11) is 0. The standard InChI is InChI=1S/C23H29F3N2O/c1-2-3-13-28-14-12-22(17-4-8-20(27)9-5-17)18(15-28)16-29-21-10-6-19(7-11-21)23(24,25)26/h4-11,18,22H,2-3,12-16,27H2,1H3/t18-,22-/m0/s1. The van der Waals surface area contributed by atoms with E-state index in [1.165, 1.54) is 24.1 Å². The van der Waals surface area contributed by atoms with E-state index in [1.807, 2.05) is 12.1 Å². The molecule has 3 rings (SSSR count). The van der Waals surface area contributed by atoms with Crippen LogP contribution in [0.15, 0.2) is 48.5 Å². The molecule has 0 unspecified atom stereocenters. The van der Waals surface area contributed by atoms with Crippen LogP contribution in [0.1, 0.15) is 43.2 Å². The lowest BCUT2D eigenvalue weighted by atomic mass is 9.80. The maximum Gasteiger partial charge on any atom is 0.416 e. The third-order valence-corrected chi connectivity index (χ3v) is 5.66. The first-order valence-electron chi connectivity index (χ1n) is 10.2. The summed E-state index contributed by atoms with van der Waals surface area (Å²) in [6.45, 7) is 5.71. The molecule has 1 aliphatic rings. The number of rotatable bonds is 7. The van der Waals surface area contributed by atoms with Crippen LogP contribution in [0.5, 0.6) is 5.75 Å². The van der Waals surface area contributed by atoms with E-state index in [0.29, 0.717) is 18.3 Å². The van der Waals surface area contributed by atoms with Gasteiger partial charge in [-0.25, -0.2) is 0 Å². The molecule has 0 amide bonds. The third kappa shape index (κ3) is 5.89. The molecule has 158 valence electrons. The van der Waals surface area contributed by atoms with Gasteiger partial charge in [0.25, 0.3) is 0 Å². The van der Waals surface area contributed by atoms with E-state index in [0.717, 1.165) is 50.3 Å². The molecule has 1 fully saturated rings. The van der Waals surface area contributed by atoms with E-state index >= 15 is 0 Å². The van der Waals surface area contributed by atoms with Crippen LogP contribution in [-0.2, 0) is 6.18 Å². The van der Waals surface area contributed by atoms with Gasteiger partial charge in [-0.3, -0.25) is 0 Å². The van der Waals surface area contributed by atoms with Gasteiger partial charge in [0.2, 0.25) is 0 Å². The minimum absolute atomic E-state index is 0.270. The summed E-state index contributed by atoms with van der Waals surface area (Å²) in [4.78, 5) is 2.47. The molecule has 2 atom stereocenters. The Kier molecular flexibility index (Phi) is 7.06. The van der Waals surface area contributed by atoms with Crippen molar-refractivity contribution in [3.8, 4) is 5.75 Å². The van der Waals surface area contributed by atoms with Gasteiger partial charge < -0.3 is 15.4 Å². The number of benzene rings is 2. The zero-order valence-corrected chi connectivity index (χ0v) is 16.8. The van der Waals surface area contributed by atoms with Crippen molar-refractivity contribution >= 4 is 5.69 Å². The molecule has 0 spiro atoms. The topological polar surface area (TPSA) is 38.5 Å². The van der Waals surface area contributed by atoms with E-state index < -0.39 is 11.7 Å².